The van der Waals surface area contributed by atoms with Crippen molar-refractivity contribution in [1.29, 1.82) is 0 Å². The molecule has 3 aliphatic rings. The first kappa shape index (κ1) is 10.7. The molecule has 3 unspecified atom stereocenters. The molecule has 96 valence electrons. The number of nitrogens with one attached hydrogen (secondary N) is 1. The second-order valence-electron chi connectivity index (χ2n) is 5.96. The average Bonchev–Trinajstić information content (AvgIpc) is 3.01. The van der Waals surface area contributed by atoms with Gasteiger partial charge in [0.05, 0.1) is 24.5 Å². The van der Waals surface area contributed by atoms with Crippen LogP contribution >= 0.6 is 0 Å². The smallest absolute Gasteiger partial charge is 0.256 e. The molecule has 2 aliphatic carbocycles. The van der Waals surface area contributed by atoms with Crippen LogP contribution in [0.25, 0.3) is 0 Å². The summed E-state index contributed by atoms with van der Waals surface area (Å²) >= 11 is 0. The third kappa shape index (κ3) is 1.55. The van der Waals surface area contributed by atoms with Crippen molar-refractivity contribution in [2.75, 3.05) is 6.61 Å². The van der Waals surface area contributed by atoms with Crippen LogP contribution in [0.15, 0.2) is 4.79 Å². The molecule has 2 fully saturated rings. The van der Waals surface area contributed by atoms with Crippen LogP contribution in [0, 0.1) is 11.8 Å². The van der Waals surface area contributed by atoms with Gasteiger partial charge in [-0.25, -0.2) is 4.98 Å². The summed E-state index contributed by atoms with van der Waals surface area (Å²) in [6, 6.07) is 0. The lowest BCUT2D eigenvalue weighted by Crippen LogP contribution is -2.27. The standard InChI is InChI=1S/C14H18N2O2/c17-14-11-7-18-4-3-12(11)15-13(16-14)10-6-8-1-2-9(10)5-8/h8-10H,1-7H2,(H,15,16,17). The van der Waals surface area contributed by atoms with Crippen molar-refractivity contribution in [3.8, 4) is 0 Å². The zero-order valence-corrected chi connectivity index (χ0v) is 10.4. The first-order valence-corrected chi connectivity index (χ1v) is 7.01. The van der Waals surface area contributed by atoms with E-state index in [4.69, 9.17) is 9.72 Å². The quantitative estimate of drug-likeness (QED) is 0.821. The maximum Gasteiger partial charge on any atom is 0.256 e. The van der Waals surface area contributed by atoms with Gasteiger partial charge in [-0.1, -0.05) is 6.42 Å². The zero-order valence-electron chi connectivity index (χ0n) is 10.4. The van der Waals surface area contributed by atoms with E-state index in [0.717, 1.165) is 35.3 Å². The number of nitrogens with zero attached hydrogens (tertiary/aromatic N) is 1. The number of hydrogen-bond acceptors (Lipinski definition) is 3. The summed E-state index contributed by atoms with van der Waals surface area (Å²) in [5, 5.41) is 0. The van der Waals surface area contributed by atoms with Gasteiger partial charge < -0.3 is 9.72 Å². The van der Waals surface area contributed by atoms with E-state index in [2.05, 4.69) is 4.98 Å². The van der Waals surface area contributed by atoms with Crippen LogP contribution in [0.5, 0.6) is 0 Å². The highest BCUT2D eigenvalue weighted by atomic mass is 16.5. The number of hydrogen-bond donors (Lipinski definition) is 1. The van der Waals surface area contributed by atoms with Crippen LogP contribution in [0.4, 0.5) is 0 Å². The van der Waals surface area contributed by atoms with Crippen LogP contribution in [0.2, 0.25) is 0 Å². The number of rotatable bonds is 1. The predicted octanol–water partition coefficient (Wildman–Crippen LogP) is 1.75. The van der Waals surface area contributed by atoms with Gasteiger partial charge in [-0.2, -0.15) is 0 Å². The number of H-pyrrole nitrogens is 1. The van der Waals surface area contributed by atoms with Crippen molar-refractivity contribution in [3.05, 3.63) is 27.4 Å². The molecule has 1 N–H and O–H groups in total. The Labute approximate surface area is 106 Å². The molecule has 3 atom stereocenters. The molecule has 1 aromatic rings. The van der Waals surface area contributed by atoms with Crippen LogP contribution < -0.4 is 5.56 Å². The van der Waals surface area contributed by atoms with E-state index in [1.165, 1.54) is 25.7 Å². The topological polar surface area (TPSA) is 55.0 Å². The molecule has 0 aromatic carbocycles. The Morgan fingerprint density at radius 1 is 1.28 bits per heavy atom. The Bertz CT molecular complexity index is 537. The lowest BCUT2D eigenvalue weighted by atomic mass is 9.88. The molecular formula is C14H18N2O2. The first-order valence-electron chi connectivity index (χ1n) is 7.01. The summed E-state index contributed by atoms with van der Waals surface area (Å²) in [6.07, 6.45) is 6.05. The molecular weight excluding hydrogens is 228 g/mol. The number of ether oxygens (including phenoxy) is 1. The second kappa shape index (κ2) is 3.92. The van der Waals surface area contributed by atoms with Gasteiger partial charge in [0.1, 0.15) is 5.82 Å². The molecule has 2 saturated carbocycles. The second-order valence-corrected chi connectivity index (χ2v) is 5.96. The van der Waals surface area contributed by atoms with Gasteiger partial charge in [0.15, 0.2) is 0 Å². The third-order valence-corrected chi connectivity index (χ3v) is 4.94. The third-order valence-electron chi connectivity index (χ3n) is 4.94. The fourth-order valence-corrected chi connectivity index (χ4v) is 4.02. The summed E-state index contributed by atoms with van der Waals surface area (Å²) in [4.78, 5) is 19.8. The van der Waals surface area contributed by atoms with E-state index in [1.807, 2.05) is 0 Å². The SMILES string of the molecule is O=c1[nH]c(C2CC3CCC2C3)nc2c1COCC2. The molecule has 1 aliphatic heterocycles. The predicted molar refractivity (Wildman–Crippen MR) is 66.4 cm³/mol. The molecule has 2 heterocycles. The molecule has 0 amide bonds. The summed E-state index contributed by atoms with van der Waals surface area (Å²) in [6.45, 7) is 1.12. The van der Waals surface area contributed by atoms with Crippen molar-refractivity contribution in [1.82, 2.24) is 9.97 Å². The summed E-state index contributed by atoms with van der Waals surface area (Å²) in [7, 11) is 0. The minimum atomic E-state index is 0.0254. The first-order chi connectivity index (χ1) is 8.81. The van der Waals surface area contributed by atoms with Crippen molar-refractivity contribution < 1.29 is 4.74 Å². The van der Waals surface area contributed by atoms with Gasteiger partial charge in [-0.05, 0) is 31.1 Å². The average molecular weight is 246 g/mol. The van der Waals surface area contributed by atoms with E-state index in [-0.39, 0.29) is 5.56 Å². The molecule has 0 spiro atoms. The molecule has 4 rings (SSSR count). The van der Waals surface area contributed by atoms with Crippen LogP contribution in [-0.4, -0.2) is 16.6 Å². The lowest BCUT2D eigenvalue weighted by molar-refractivity contribution is 0.107. The minimum Gasteiger partial charge on any atom is -0.376 e. The highest BCUT2D eigenvalue weighted by molar-refractivity contribution is 5.21. The van der Waals surface area contributed by atoms with Gasteiger partial charge in [0.2, 0.25) is 0 Å². The van der Waals surface area contributed by atoms with Gasteiger partial charge in [-0.3, -0.25) is 4.79 Å². The molecule has 0 saturated heterocycles. The van der Waals surface area contributed by atoms with Gasteiger partial charge in [0.25, 0.3) is 5.56 Å². The highest BCUT2D eigenvalue weighted by Gasteiger charge is 2.41. The Kier molecular flexibility index (Phi) is 2.34. The fourth-order valence-electron chi connectivity index (χ4n) is 4.02. The fraction of sp³-hybridized carbons (Fsp3) is 0.714. The molecule has 4 heteroatoms. The van der Waals surface area contributed by atoms with Gasteiger partial charge in [0, 0.05) is 12.3 Å². The van der Waals surface area contributed by atoms with E-state index < -0.39 is 0 Å². The molecule has 0 radical (unpaired) electrons. The normalized spacial score (nSPS) is 33.7. The largest absolute Gasteiger partial charge is 0.376 e. The minimum absolute atomic E-state index is 0.0254. The molecule has 4 nitrogen and oxygen atoms in total. The number of aromatic nitrogens is 2. The van der Waals surface area contributed by atoms with Crippen LogP contribution in [0.3, 0.4) is 0 Å². The van der Waals surface area contributed by atoms with E-state index >= 15 is 0 Å². The summed E-state index contributed by atoms with van der Waals surface area (Å²) in [5.41, 5.74) is 1.74. The monoisotopic (exact) mass is 246 g/mol. The van der Waals surface area contributed by atoms with Crippen molar-refractivity contribution >= 4 is 0 Å². The van der Waals surface area contributed by atoms with Gasteiger partial charge in [-0.15, -0.1) is 0 Å². The van der Waals surface area contributed by atoms with Crippen molar-refractivity contribution in [2.45, 2.75) is 44.6 Å². The maximum atomic E-state index is 12.1. The Hall–Kier alpha value is -1.16. The molecule has 2 bridgehead atoms. The zero-order chi connectivity index (χ0) is 12.1. The van der Waals surface area contributed by atoms with Crippen LogP contribution in [0.1, 0.15) is 48.7 Å². The highest BCUT2D eigenvalue weighted by Crippen LogP contribution is 2.51. The van der Waals surface area contributed by atoms with Crippen LogP contribution in [-0.2, 0) is 17.8 Å². The Balaban J connectivity index is 1.73. The Morgan fingerprint density at radius 2 is 2.22 bits per heavy atom. The van der Waals surface area contributed by atoms with Crippen molar-refractivity contribution in [2.24, 2.45) is 11.8 Å². The summed E-state index contributed by atoms with van der Waals surface area (Å²) in [5.74, 6) is 3.10. The lowest BCUT2D eigenvalue weighted by Gasteiger charge is -2.22. The molecule has 1 aromatic heterocycles. The van der Waals surface area contributed by atoms with E-state index in [1.54, 1.807) is 0 Å². The maximum absolute atomic E-state index is 12.1. The summed E-state index contributed by atoms with van der Waals surface area (Å²) < 4.78 is 5.33. The Morgan fingerprint density at radius 3 is 3.00 bits per heavy atom. The molecule has 18 heavy (non-hydrogen) atoms. The van der Waals surface area contributed by atoms with E-state index in [9.17, 15) is 4.79 Å². The van der Waals surface area contributed by atoms with E-state index in [0.29, 0.717) is 19.1 Å². The van der Waals surface area contributed by atoms with Crippen molar-refractivity contribution in [3.63, 3.8) is 0 Å². The van der Waals surface area contributed by atoms with Gasteiger partial charge >= 0.3 is 0 Å². The number of aromatic amines is 1. The number of fused-ring (bicyclic) bond motifs is 3.